The molecular formula is C24H26ClNO2. The standard InChI is InChI=1S/C24H26ClNO2/c1-17-3-8-21-19(15-17)9-11-24(21)10-2-13-26(14-12-24)23(28)22(27)16-18-4-6-20(25)7-5-18/h3-8,15H,2,9-14,16H2,1H3. The van der Waals surface area contributed by atoms with Crippen LogP contribution in [0.5, 0.6) is 0 Å². The summed E-state index contributed by atoms with van der Waals surface area (Å²) in [5, 5.41) is 0.632. The van der Waals surface area contributed by atoms with Crippen LogP contribution in [-0.4, -0.2) is 29.7 Å². The number of aryl methyl sites for hydroxylation is 2. The number of halogens is 1. The second-order valence-electron chi connectivity index (χ2n) is 8.31. The second-order valence-corrected chi connectivity index (χ2v) is 8.75. The molecule has 146 valence electrons. The lowest BCUT2D eigenvalue weighted by Crippen LogP contribution is -2.38. The van der Waals surface area contributed by atoms with Gasteiger partial charge in [0.25, 0.3) is 5.91 Å². The number of Topliss-reactive ketones (excluding diaryl/α,β-unsaturated/α-hetero) is 1. The number of nitrogens with zero attached hydrogens (tertiary/aromatic N) is 1. The summed E-state index contributed by atoms with van der Waals surface area (Å²) >= 11 is 5.89. The molecule has 1 atom stereocenters. The fourth-order valence-electron chi connectivity index (χ4n) is 4.91. The van der Waals surface area contributed by atoms with Gasteiger partial charge >= 0.3 is 0 Å². The van der Waals surface area contributed by atoms with Gasteiger partial charge in [-0.1, -0.05) is 47.5 Å². The third-order valence-corrected chi connectivity index (χ3v) is 6.70. The van der Waals surface area contributed by atoms with E-state index in [0.29, 0.717) is 18.1 Å². The molecule has 4 heteroatoms. The summed E-state index contributed by atoms with van der Waals surface area (Å²) in [7, 11) is 0. The average molecular weight is 396 g/mol. The number of hydrogen-bond donors (Lipinski definition) is 0. The quantitative estimate of drug-likeness (QED) is 0.709. The Balaban J connectivity index is 1.44. The number of ketones is 1. The molecule has 0 bridgehead atoms. The van der Waals surface area contributed by atoms with E-state index in [-0.39, 0.29) is 23.5 Å². The molecule has 4 rings (SSSR count). The third kappa shape index (κ3) is 3.73. The number of amides is 1. The molecule has 2 aromatic carbocycles. The van der Waals surface area contributed by atoms with Crippen molar-refractivity contribution in [2.75, 3.05) is 13.1 Å². The number of carbonyl (C=O) groups excluding carboxylic acids is 2. The van der Waals surface area contributed by atoms with E-state index in [1.54, 1.807) is 17.0 Å². The first-order valence-electron chi connectivity index (χ1n) is 10.1. The maximum absolute atomic E-state index is 12.8. The minimum atomic E-state index is -0.339. The smallest absolute Gasteiger partial charge is 0.290 e. The van der Waals surface area contributed by atoms with Crippen LogP contribution in [0.25, 0.3) is 0 Å². The lowest BCUT2D eigenvalue weighted by molar-refractivity contribution is -0.144. The zero-order chi connectivity index (χ0) is 19.7. The van der Waals surface area contributed by atoms with Crippen molar-refractivity contribution in [3.8, 4) is 0 Å². The van der Waals surface area contributed by atoms with Crippen LogP contribution in [-0.2, 0) is 27.8 Å². The fraction of sp³-hybridized carbons (Fsp3) is 0.417. The summed E-state index contributed by atoms with van der Waals surface area (Å²) in [6, 6.07) is 13.9. The van der Waals surface area contributed by atoms with Gasteiger partial charge in [-0.25, -0.2) is 0 Å². The van der Waals surface area contributed by atoms with Crippen LogP contribution in [0.15, 0.2) is 42.5 Å². The van der Waals surface area contributed by atoms with Gasteiger partial charge in [0, 0.05) is 24.5 Å². The molecule has 1 fully saturated rings. The SMILES string of the molecule is Cc1ccc2c(c1)CCC21CCCN(C(=O)C(=O)Cc2ccc(Cl)cc2)CC1. The zero-order valence-corrected chi connectivity index (χ0v) is 17.1. The molecule has 1 heterocycles. The average Bonchev–Trinajstić information content (AvgIpc) is 2.88. The van der Waals surface area contributed by atoms with Gasteiger partial charge in [-0.3, -0.25) is 9.59 Å². The monoisotopic (exact) mass is 395 g/mol. The molecule has 1 aliphatic heterocycles. The van der Waals surface area contributed by atoms with Crippen molar-refractivity contribution in [2.45, 2.75) is 50.9 Å². The van der Waals surface area contributed by atoms with Crippen molar-refractivity contribution in [1.29, 1.82) is 0 Å². The summed E-state index contributed by atoms with van der Waals surface area (Å²) in [6.07, 6.45) is 5.42. The Morgan fingerprint density at radius 1 is 1.04 bits per heavy atom. The lowest BCUT2D eigenvalue weighted by atomic mass is 9.75. The maximum Gasteiger partial charge on any atom is 0.290 e. The Kier molecular flexibility index (Phi) is 5.29. The molecule has 0 aromatic heterocycles. The van der Waals surface area contributed by atoms with Crippen LogP contribution in [0, 0.1) is 6.92 Å². The largest absolute Gasteiger partial charge is 0.336 e. The molecular weight excluding hydrogens is 370 g/mol. The molecule has 2 aromatic rings. The van der Waals surface area contributed by atoms with E-state index in [0.717, 1.165) is 37.7 Å². The fourth-order valence-corrected chi connectivity index (χ4v) is 5.04. The number of likely N-dealkylation sites (tertiary alicyclic amines) is 1. The first-order chi connectivity index (χ1) is 13.5. The molecule has 1 unspecified atom stereocenters. The van der Waals surface area contributed by atoms with Crippen LogP contribution in [0.1, 0.15) is 47.9 Å². The molecule has 1 saturated heterocycles. The van der Waals surface area contributed by atoms with E-state index in [9.17, 15) is 9.59 Å². The van der Waals surface area contributed by atoms with Crippen LogP contribution in [0.2, 0.25) is 5.02 Å². The van der Waals surface area contributed by atoms with Crippen molar-refractivity contribution in [2.24, 2.45) is 0 Å². The van der Waals surface area contributed by atoms with E-state index in [1.807, 2.05) is 12.1 Å². The van der Waals surface area contributed by atoms with Gasteiger partial charge in [0.2, 0.25) is 5.78 Å². The van der Waals surface area contributed by atoms with E-state index in [4.69, 9.17) is 11.6 Å². The Hall–Kier alpha value is -2.13. The van der Waals surface area contributed by atoms with Gasteiger partial charge in [0.05, 0.1) is 0 Å². The van der Waals surface area contributed by atoms with Crippen molar-refractivity contribution >= 4 is 23.3 Å². The summed E-state index contributed by atoms with van der Waals surface area (Å²) in [5.41, 5.74) is 5.26. The van der Waals surface area contributed by atoms with Crippen LogP contribution in [0.3, 0.4) is 0 Å². The Morgan fingerprint density at radius 3 is 2.61 bits per heavy atom. The van der Waals surface area contributed by atoms with Crippen molar-refractivity contribution < 1.29 is 9.59 Å². The summed E-state index contributed by atoms with van der Waals surface area (Å²) in [6.45, 7) is 3.48. The molecule has 0 radical (unpaired) electrons. The predicted octanol–water partition coefficient (Wildman–Crippen LogP) is 4.66. The van der Waals surface area contributed by atoms with Crippen molar-refractivity contribution in [3.05, 3.63) is 69.7 Å². The van der Waals surface area contributed by atoms with Crippen LogP contribution < -0.4 is 0 Å². The summed E-state index contributed by atoms with van der Waals surface area (Å²) < 4.78 is 0. The van der Waals surface area contributed by atoms with E-state index < -0.39 is 0 Å². The van der Waals surface area contributed by atoms with E-state index in [1.165, 1.54) is 16.7 Å². The Bertz CT molecular complexity index is 905. The summed E-state index contributed by atoms with van der Waals surface area (Å²) in [5.74, 6) is -0.671. The molecule has 1 aliphatic carbocycles. The second kappa shape index (κ2) is 7.71. The maximum atomic E-state index is 12.8. The highest BCUT2D eigenvalue weighted by Gasteiger charge is 2.40. The zero-order valence-electron chi connectivity index (χ0n) is 16.3. The molecule has 0 saturated carbocycles. The Labute approximate surface area is 171 Å². The topological polar surface area (TPSA) is 37.4 Å². The summed E-state index contributed by atoms with van der Waals surface area (Å²) in [4.78, 5) is 27.1. The first-order valence-corrected chi connectivity index (χ1v) is 10.5. The highest BCUT2D eigenvalue weighted by molar-refractivity contribution is 6.36. The van der Waals surface area contributed by atoms with Crippen molar-refractivity contribution in [3.63, 3.8) is 0 Å². The van der Waals surface area contributed by atoms with Crippen LogP contribution in [0.4, 0.5) is 0 Å². The number of carbonyl (C=O) groups is 2. The lowest BCUT2D eigenvalue weighted by Gasteiger charge is -2.29. The molecule has 2 aliphatic rings. The van der Waals surface area contributed by atoms with Gasteiger partial charge in [-0.2, -0.15) is 0 Å². The van der Waals surface area contributed by atoms with Gasteiger partial charge in [0.1, 0.15) is 0 Å². The highest BCUT2D eigenvalue weighted by Crippen LogP contribution is 2.46. The molecule has 28 heavy (non-hydrogen) atoms. The number of benzene rings is 2. The van der Waals surface area contributed by atoms with Crippen molar-refractivity contribution in [1.82, 2.24) is 4.90 Å². The first kappa shape index (κ1) is 19.2. The minimum absolute atomic E-state index is 0.139. The van der Waals surface area contributed by atoms with Gasteiger partial charge in [0.15, 0.2) is 0 Å². The number of hydrogen-bond acceptors (Lipinski definition) is 2. The molecule has 3 nitrogen and oxygen atoms in total. The number of rotatable bonds is 3. The minimum Gasteiger partial charge on any atom is -0.336 e. The highest BCUT2D eigenvalue weighted by atomic mass is 35.5. The van der Waals surface area contributed by atoms with Crippen LogP contribution >= 0.6 is 11.6 Å². The Morgan fingerprint density at radius 2 is 1.82 bits per heavy atom. The van der Waals surface area contributed by atoms with Gasteiger partial charge in [-0.15, -0.1) is 0 Å². The normalized spacial score (nSPS) is 21.4. The number of fused-ring (bicyclic) bond motifs is 2. The molecule has 1 spiro atoms. The van der Waals surface area contributed by atoms with Gasteiger partial charge in [-0.05, 0) is 73.3 Å². The molecule has 0 N–H and O–H groups in total. The molecule has 1 amide bonds. The van der Waals surface area contributed by atoms with Gasteiger partial charge < -0.3 is 4.90 Å². The predicted molar refractivity (Wildman–Crippen MR) is 112 cm³/mol. The van der Waals surface area contributed by atoms with E-state index >= 15 is 0 Å². The van der Waals surface area contributed by atoms with E-state index in [2.05, 4.69) is 25.1 Å². The third-order valence-electron chi connectivity index (χ3n) is 6.45.